The summed E-state index contributed by atoms with van der Waals surface area (Å²) in [6.45, 7) is 0. The third-order valence-corrected chi connectivity index (χ3v) is 4.22. The largest absolute Gasteiger partial charge is 0.480 e. The Kier molecular flexibility index (Phi) is 9.09. The van der Waals surface area contributed by atoms with Crippen LogP contribution < -0.4 is 11.5 Å². The molecule has 14 nitrogen and oxygen atoms in total. The molecule has 0 aromatic heterocycles. The molecule has 0 saturated carbocycles. The number of nitrogens with two attached hydrogens (primary N) is 2. The van der Waals surface area contributed by atoms with E-state index in [1.54, 1.807) is 0 Å². The van der Waals surface area contributed by atoms with E-state index in [1.165, 1.54) is 0 Å². The lowest BCUT2D eigenvalue weighted by molar-refractivity contribution is -0.138. The summed E-state index contributed by atoms with van der Waals surface area (Å²) in [6, 6.07) is 0. The Bertz CT molecular complexity index is 647. The molecule has 0 spiro atoms. The van der Waals surface area contributed by atoms with Gasteiger partial charge in [-0.1, -0.05) is 0 Å². The predicted octanol–water partition coefficient (Wildman–Crippen LogP) is -3.59. The highest BCUT2D eigenvalue weighted by molar-refractivity contribution is 7.87. The summed E-state index contributed by atoms with van der Waals surface area (Å²) < 4.78 is 57.7. The van der Waals surface area contributed by atoms with E-state index < -0.39 is 67.3 Å². The Morgan fingerprint density at radius 3 is 0.958 bits per heavy atom. The van der Waals surface area contributed by atoms with Gasteiger partial charge in [-0.25, -0.2) is 0 Å². The second-order valence-corrected chi connectivity index (χ2v) is 7.22. The van der Waals surface area contributed by atoms with Crippen LogP contribution in [-0.2, 0) is 39.4 Å². The maximum atomic E-state index is 10.3. The smallest absolute Gasteiger partial charge is 0.324 e. The first kappa shape index (κ1) is 24.0. The van der Waals surface area contributed by atoms with Crippen LogP contribution in [0.4, 0.5) is 0 Å². The van der Waals surface area contributed by atoms with Crippen molar-refractivity contribution in [1.82, 2.24) is 0 Å². The van der Waals surface area contributed by atoms with Gasteiger partial charge in [-0.05, 0) is 0 Å². The lowest BCUT2D eigenvalue weighted by Gasteiger charge is -2.04. The number of carbonyl (C=O) groups excluding carboxylic acids is 2. The monoisotopic (exact) mass is 394 g/mol. The average molecular weight is 394 g/mol. The minimum atomic E-state index is -4.76. The minimum absolute atomic E-state index is 0.936. The molecule has 0 aromatic carbocycles. The molecule has 8 N–H and O–H groups in total. The number of aliphatic carboxylic acids is 2. The van der Waals surface area contributed by atoms with Gasteiger partial charge < -0.3 is 21.7 Å². The van der Waals surface area contributed by atoms with Gasteiger partial charge in [0.05, 0.1) is 12.8 Å². The van der Waals surface area contributed by atoms with Crippen LogP contribution in [0.2, 0.25) is 0 Å². The number of carboxylic acids is 2. The van der Waals surface area contributed by atoms with E-state index in [-0.39, 0.29) is 0 Å². The molecule has 24 heavy (non-hydrogen) atoms. The average Bonchev–Trinajstić information content (AvgIpc) is 2.30. The van der Waals surface area contributed by atoms with Crippen molar-refractivity contribution >= 4 is 44.0 Å². The number of rotatable bonds is 8. The lowest BCUT2D eigenvalue weighted by atomic mass is 10.3. The van der Waals surface area contributed by atoms with Crippen molar-refractivity contribution in [3.63, 3.8) is 0 Å². The molecule has 0 aromatic rings. The number of primary amides is 2. The fraction of sp³-hybridized carbons (Fsp3) is 0.500. The molecule has 2 amide bonds. The Balaban J connectivity index is 0. The van der Waals surface area contributed by atoms with Crippen molar-refractivity contribution < 1.29 is 55.3 Å². The Morgan fingerprint density at radius 2 is 0.917 bits per heavy atom. The zero-order valence-electron chi connectivity index (χ0n) is 11.6. The van der Waals surface area contributed by atoms with Crippen LogP contribution in [0.3, 0.4) is 0 Å². The molecule has 0 saturated heterocycles. The number of amides is 2. The van der Waals surface area contributed by atoms with Crippen LogP contribution in [0.5, 0.6) is 0 Å². The quantitative estimate of drug-likeness (QED) is 0.218. The van der Waals surface area contributed by atoms with Gasteiger partial charge in [-0.2, -0.15) is 16.8 Å². The number of carbonyl (C=O) groups is 4. The van der Waals surface area contributed by atoms with Crippen molar-refractivity contribution in [2.24, 2.45) is 11.5 Å². The van der Waals surface area contributed by atoms with Crippen molar-refractivity contribution in [3.05, 3.63) is 0 Å². The molecule has 16 heteroatoms. The van der Waals surface area contributed by atoms with E-state index in [2.05, 4.69) is 11.5 Å². The summed E-state index contributed by atoms with van der Waals surface area (Å²) >= 11 is 0. The fourth-order valence-electron chi connectivity index (χ4n) is 1.01. The summed E-state index contributed by atoms with van der Waals surface area (Å²) in [5.74, 6) is -5.84. The van der Waals surface area contributed by atoms with Crippen molar-refractivity contribution in [1.29, 1.82) is 0 Å². The second kappa shape index (κ2) is 9.11. The molecule has 0 fully saturated rings. The van der Waals surface area contributed by atoms with Gasteiger partial charge in [0.15, 0.2) is 10.5 Å². The van der Waals surface area contributed by atoms with Crippen LogP contribution >= 0.6 is 0 Å². The van der Waals surface area contributed by atoms with Crippen molar-refractivity contribution in [2.45, 2.75) is 23.3 Å². The zero-order chi connectivity index (χ0) is 19.9. The summed E-state index contributed by atoms with van der Waals surface area (Å²) in [4.78, 5) is 40.6. The van der Waals surface area contributed by atoms with E-state index in [0.29, 0.717) is 0 Å². The zero-order valence-corrected chi connectivity index (χ0v) is 13.2. The lowest BCUT2D eigenvalue weighted by Crippen LogP contribution is -2.34. The van der Waals surface area contributed by atoms with E-state index >= 15 is 0 Å². The maximum Gasteiger partial charge on any atom is 0.324 e. The van der Waals surface area contributed by atoms with Crippen LogP contribution in [0.25, 0.3) is 0 Å². The molecule has 0 radical (unpaired) electrons. The Labute approximate surface area is 134 Å². The van der Waals surface area contributed by atoms with Crippen LogP contribution in [0, 0.1) is 0 Å². The molecule has 2 unspecified atom stereocenters. The van der Waals surface area contributed by atoms with Gasteiger partial charge >= 0.3 is 11.9 Å². The molecule has 0 aliphatic carbocycles. The molecular weight excluding hydrogens is 380 g/mol. The van der Waals surface area contributed by atoms with Crippen LogP contribution in [0.1, 0.15) is 12.8 Å². The Hall–Kier alpha value is -2.30. The molecule has 0 bridgehead atoms. The maximum absolute atomic E-state index is 10.3. The van der Waals surface area contributed by atoms with Crippen LogP contribution in [-0.4, -0.2) is 70.4 Å². The highest BCUT2D eigenvalue weighted by atomic mass is 32.2. The van der Waals surface area contributed by atoms with Crippen molar-refractivity contribution in [3.8, 4) is 0 Å². The molecule has 0 aliphatic rings. The molecule has 140 valence electrons. The summed E-state index contributed by atoms with van der Waals surface area (Å²) in [5, 5.41) is 12.1. The number of hydrogen-bond donors (Lipinski definition) is 6. The van der Waals surface area contributed by atoms with Crippen molar-refractivity contribution in [2.75, 3.05) is 0 Å². The van der Waals surface area contributed by atoms with Gasteiger partial charge in [0.25, 0.3) is 20.2 Å². The molecule has 0 aliphatic heterocycles. The third kappa shape index (κ3) is 10.4. The van der Waals surface area contributed by atoms with Gasteiger partial charge in [0.2, 0.25) is 11.8 Å². The first-order chi connectivity index (χ1) is 10.5. The predicted molar refractivity (Wildman–Crippen MR) is 73.6 cm³/mol. The first-order valence-electron chi connectivity index (χ1n) is 5.45. The van der Waals surface area contributed by atoms with Gasteiger partial charge in [-0.15, -0.1) is 0 Å². The summed E-state index contributed by atoms with van der Waals surface area (Å²) in [6.07, 6.45) is -1.87. The highest BCUT2D eigenvalue weighted by Gasteiger charge is 2.33. The molecule has 2 atom stereocenters. The molecular formula is C8H14N2O12S2. The van der Waals surface area contributed by atoms with E-state index in [4.69, 9.17) is 19.3 Å². The topological polar surface area (TPSA) is 270 Å². The normalized spacial score (nSPS) is 13.8. The van der Waals surface area contributed by atoms with E-state index in [9.17, 15) is 36.0 Å². The van der Waals surface area contributed by atoms with Gasteiger partial charge in [0, 0.05) is 0 Å². The standard InChI is InChI=1S/2C4H7NO6S/c2*5-3(6)1-2(4(7)8)12(9,10)11/h2*2H,1H2,(H2,5,6)(H,7,8)(H,9,10,11). The highest BCUT2D eigenvalue weighted by Crippen LogP contribution is 2.04. The second-order valence-electron chi connectivity index (χ2n) is 4.02. The first-order valence-corrected chi connectivity index (χ1v) is 8.45. The molecule has 0 rings (SSSR count). The number of carboxylic acid groups (broad SMARTS) is 2. The third-order valence-electron chi connectivity index (χ3n) is 2.04. The SMILES string of the molecule is NC(=O)CC(C(=O)O)S(=O)(=O)O.NC(=O)CC(C(=O)O)S(=O)(=O)O. The summed E-state index contributed by atoms with van der Waals surface area (Å²) in [5.41, 5.74) is 9.10. The van der Waals surface area contributed by atoms with Gasteiger partial charge in [-0.3, -0.25) is 28.3 Å². The minimum Gasteiger partial charge on any atom is -0.480 e. The fourth-order valence-corrected chi connectivity index (χ4v) is 2.26. The van der Waals surface area contributed by atoms with Gasteiger partial charge in [0.1, 0.15) is 0 Å². The number of hydrogen-bond acceptors (Lipinski definition) is 8. The molecule has 0 heterocycles. The summed E-state index contributed by atoms with van der Waals surface area (Å²) in [7, 11) is -9.52. The van der Waals surface area contributed by atoms with E-state index in [1.807, 2.05) is 0 Å². The van der Waals surface area contributed by atoms with Crippen LogP contribution in [0.15, 0.2) is 0 Å². The Morgan fingerprint density at radius 1 is 0.708 bits per heavy atom. The van der Waals surface area contributed by atoms with E-state index in [0.717, 1.165) is 0 Å².